The Morgan fingerprint density at radius 1 is 1.24 bits per heavy atom. The van der Waals surface area contributed by atoms with Gasteiger partial charge in [-0.15, -0.1) is 0 Å². The third-order valence-electron chi connectivity index (χ3n) is 1.92. The summed E-state index contributed by atoms with van der Waals surface area (Å²) in [4.78, 5) is 10.3. The average Bonchev–Trinajstić information content (AvgIpc) is 2.29. The van der Waals surface area contributed by atoms with Gasteiger partial charge in [-0.3, -0.25) is 0 Å². The lowest BCUT2D eigenvalue weighted by Crippen LogP contribution is -2.28. The molecule has 11 heteroatoms. The lowest BCUT2D eigenvalue weighted by Gasteiger charge is -2.12. The van der Waals surface area contributed by atoms with E-state index in [1.807, 2.05) is 0 Å². The number of carbonyl (C=O) groups is 1. The fourth-order valence-corrected chi connectivity index (χ4v) is 2.25. The molecule has 1 aromatic rings. The summed E-state index contributed by atoms with van der Waals surface area (Å²) in [5, 5.41) is 7.37. The van der Waals surface area contributed by atoms with E-state index in [9.17, 15) is 26.4 Å². The van der Waals surface area contributed by atoms with E-state index in [0.29, 0.717) is 0 Å². The molecule has 0 amide bonds. The molecule has 0 fully saturated rings. The normalized spacial score (nSPS) is 12.6. The molecule has 0 atom stereocenters. The van der Waals surface area contributed by atoms with Gasteiger partial charge in [-0.25, -0.2) is 4.79 Å². The van der Waals surface area contributed by atoms with Crippen molar-refractivity contribution in [2.75, 3.05) is 0 Å². The van der Waals surface area contributed by atoms with E-state index in [2.05, 4.69) is 4.18 Å². The minimum Gasteiger partial charge on any atom is -0.478 e. The third kappa shape index (κ3) is 4.51. The number of benzene rings is 1. The monoisotopic (exact) mass is 364 g/mol. The number of carboxylic acids is 1. The molecule has 0 radical (unpaired) electrons. The molecule has 0 saturated carbocycles. The summed E-state index contributed by atoms with van der Waals surface area (Å²) in [6, 6.07) is 1.99. The molecule has 0 bridgehead atoms. The second-order valence-corrected chi connectivity index (χ2v) is 5.82. The Kier molecular flexibility index (Phi) is 5.13. The number of halogens is 5. The van der Waals surface area contributed by atoms with Crippen molar-refractivity contribution in [1.29, 1.82) is 0 Å². The fourth-order valence-electron chi connectivity index (χ4n) is 1.08. The summed E-state index contributed by atoms with van der Waals surface area (Å²) in [6.45, 7) is 0. The van der Waals surface area contributed by atoms with Crippen LogP contribution in [-0.2, 0) is 14.9 Å². The first-order valence-corrected chi connectivity index (χ1v) is 7.01. The molecule has 1 aromatic carbocycles. The highest BCUT2D eigenvalue weighted by atomic mass is 35.5. The molecule has 116 valence electrons. The molecular formula is C10H5Cl2F3O5S. The van der Waals surface area contributed by atoms with E-state index in [1.54, 1.807) is 0 Å². The van der Waals surface area contributed by atoms with Gasteiger partial charge in [0.1, 0.15) is 0 Å². The molecule has 0 aromatic heterocycles. The van der Waals surface area contributed by atoms with Gasteiger partial charge in [0, 0.05) is 6.08 Å². The summed E-state index contributed by atoms with van der Waals surface area (Å²) in [7, 11) is -5.92. The Hall–Kier alpha value is -1.45. The van der Waals surface area contributed by atoms with Crippen LogP contribution in [0.1, 0.15) is 5.56 Å². The number of hydrogen-bond donors (Lipinski definition) is 1. The summed E-state index contributed by atoms with van der Waals surface area (Å²) in [5.74, 6) is -2.18. The smallest absolute Gasteiger partial charge is 0.478 e. The summed E-state index contributed by atoms with van der Waals surface area (Å²) in [5.41, 5.74) is -5.51. The largest absolute Gasteiger partial charge is 0.534 e. The van der Waals surface area contributed by atoms with E-state index in [-0.39, 0.29) is 5.56 Å². The minimum atomic E-state index is -5.92. The van der Waals surface area contributed by atoms with Crippen LogP contribution < -0.4 is 4.18 Å². The maximum atomic E-state index is 12.2. The van der Waals surface area contributed by atoms with Crippen molar-refractivity contribution in [3.63, 3.8) is 0 Å². The molecule has 21 heavy (non-hydrogen) atoms. The van der Waals surface area contributed by atoms with Crippen molar-refractivity contribution < 1.29 is 35.7 Å². The number of aliphatic carboxylic acids is 1. The van der Waals surface area contributed by atoms with Gasteiger partial charge in [0.05, 0.1) is 10.0 Å². The average molecular weight is 365 g/mol. The van der Waals surface area contributed by atoms with Gasteiger partial charge in [-0.1, -0.05) is 23.2 Å². The highest BCUT2D eigenvalue weighted by molar-refractivity contribution is 7.88. The highest BCUT2D eigenvalue weighted by Crippen LogP contribution is 2.38. The van der Waals surface area contributed by atoms with Crippen LogP contribution in [0.4, 0.5) is 13.2 Å². The molecule has 0 spiro atoms. The number of rotatable bonds is 4. The first-order valence-electron chi connectivity index (χ1n) is 4.85. The Bertz CT molecular complexity index is 674. The molecule has 1 rings (SSSR count). The van der Waals surface area contributed by atoms with Gasteiger partial charge >= 0.3 is 21.6 Å². The van der Waals surface area contributed by atoms with Gasteiger partial charge in [0.15, 0.2) is 5.75 Å². The van der Waals surface area contributed by atoms with Crippen LogP contribution in [0.2, 0.25) is 10.0 Å². The van der Waals surface area contributed by atoms with E-state index in [0.717, 1.165) is 24.3 Å². The molecule has 0 aliphatic rings. The predicted molar refractivity (Wildman–Crippen MR) is 68.7 cm³/mol. The van der Waals surface area contributed by atoms with Gasteiger partial charge in [-0.05, 0) is 23.8 Å². The van der Waals surface area contributed by atoms with Gasteiger partial charge in [0.25, 0.3) is 0 Å². The standard InChI is InChI=1S/C10H5Cl2F3O5S/c11-6-3-5(1-2-8(16)17)4-7(12)9(6)20-21(18,19)10(13,14)15/h1-4H,(H,16,17)/b2-1+. The van der Waals surface area contributed by atoms with Gasteiger partial charge in [-0.2, -0.15) is 21.6 Å². The molecule has 0 aliphatic heterocycles. The van der Waals surface area contributed by atoms with Crippen LogP contribution in [0.15, 0.2) is 18.2 Å². The lowest BCUT2D eigenvalue weighted by molar-refractivity contribution is -0.131. The van der Waals surface area contributed by atoms with Gasteiger partial charge < -0.3 is 9.29 Å². The van der Waals surface area contributed by atoms with Crippen LogP contribution in [0.3, 0.4) is 0 Å². The second kappa shape index (κ2) is 6.12. The van der Waals surface area contributed by atoms with E-state index < -0.39 is 37.4 Å². The van der Waals surface area contributed by atoms with E-state index in [4.69, 9.17) is 28.3 Å². The fraction of sp³-hybridized carbons (Fsp3) is 0.100. The van der Waals surface area contributed by atoms with E-state index >= 15 is 0 Å². The summed E-state index contributed by atoms with van der Waals surface area (Å²) in [6.07, 6.45) is 1.79. The summed E-state index contributed by atoms with van der Waals surface area (Å²) < 4.78 is 62.2. The highest BCUT2D eigenvalue weighted by Gasteiger charge is 2.49. The Morgan fingerprint density at radius 3 is 2.10 bits per heavy atom. The Balaban J connectivity index is 3.21. The van der Waals surface area contributed by atoms with Crippen LogP contribution in [-0.4, -0.2) is 25.0 Å². The van der Waals surface area contributed by atoms with Crippen LogP contribution >= 0.6 is 23.2 Å². The van der Waals surface area contributed by atoms with Crippen molar-refractivity contribution in [3.8, 4) is 5.75 Å². The van der Waals surface area contributed by atoms with Gasteiger partial charge in [0.2, 0.25) is 0 Å². The number of alkyl halides is 3. The molecule has 0 heterocycles. The minimum absolute atomic E-state index is 0.129. The van der Waals surface area contributed by atoms with Crippen molar-refractivity contribution in [3.05, 3.63) is 33.8 Å². The van der Waals surface area contributed by atoms with Crippen molar-refractivity contribution >= 4 is 45.4 Å². The zero-order valence-electron chi connectivity index (χ0n) is 9.69. The number of carboxylic acid groups (broad SMARTS) is 1. The maximum absolute atomic E-state index is 12.2. The molecule has 0 saturated heterocycles. The molecule has 0 aliphatic carbocycles. The van der Waals surface area contributed by atoms with Crippen molar-refractivity contribution in [2.24, 2.45) is 0 Å². The van der Waals surface area contributed by atoms with Crippen LogP contribution in [0, 0.1) is 0 Å². The summed E-state index contributed by atoms with van der Waals surface area (Å²) >= 11 is 11.2. The molecular weight excluding hydrogens is 360 g/mol. The first-order chi connectivity index (χ1) is 9.44. The lowest BCUT2D eigenvalue weighted by atomic mass is 10.2. The second-order valence-electron chi connectivity index (χ2n) is 3.47. The quantitative estimate of drug-likeness (QED) is 0.503. The maximum Gasteiger partial charge on any atom is 0.534 e. The first kappa shape index (κ1) is 17.6. The Labute approximate surface area is 126 Å². The van der Waals surface area contributed by atoms with Crippen LogP contribution in [0.5, 0.6) is 5.75 Å². The van der Waals surface area contributed by atoms with Crippen LogP contribution in [0.25, 0.3) is 6.08 Å². The topological polar surface area (TPSA) is 80.7 Å². The SMILES string of the molecule is O=C(O)/C=C/c1cc(Cl)c(OS(=O)(=O)C(F)(F)F)c(Cl)c1. The zero-order valence-corrected chi connectivity index (χ0v) is 12.0. The van der Waals surface area contributed by atoms with Crippen molar-refractivity contribution in [2.45, 2.75) is 5.51 Å². The molecule has 0 unspecified atom stereocenters. The zero-order chi connectivity index (χ0) is 16.4. The predicted octanol–water partition coefficient (Wildman–Crippen LogP) is 3.32. The number of hydrogen-bond acceptors (Lipinski definition) is 4. The molecule has 5 nitrogen and oxygen atoms in total. The van der Waals surface area contributed by atoms with E-state index in [1.165, 1.54) is 0 Å². The van der Waals surface area contributed by atoms with Crippen molar-refractivity contribution in [1.82, 2.24) is 0 Å². The Morgan fingerprint density at radius 2 is 1.71 bits per heavy atom. The third-order valence-corrected chi connectivity index (χ3v) is 3.43. The molecule has 1 N–H and O–H groups in total.